The molecule has 0 aliphatic carbocycles. The molecule has 3 aromatic rings. The number of nitrogens with zero attached hydrogens (tertiary/aromatic N) is 4. The predicted octanol–water partition coefficient (Wildman–Crippen LogP) is 1.62. The van der Waals surface area contributed by atoms with Gasteiger partial charge in [0.2, 0.25) is 11.7 Å². The highest BCUT2D eigenvalue weighted by Crippen LogP contribution is 2.14. The third-order valence-electron chi connectivity index (χ3n) is 4.68. The number of benzene rings is 2. The van der Waals surface area contributed by atoms with Gasteiger partial charge < -0.3 is 10.2 Å². The first-order valence-electron chi connectivity index (χ1n) is 9.17. The van der Waals surface area contributed by atoms with Crippen molar-refractivity contribution in [3.05, 3.63) is 82.0 Å². The van der Waals surface area contributed by atoms with Crippen molar-refractivity contribution in [3.8, 4) is 0 Å². The SMILES string of the molecule is O=C(Cn1nc2n(c1=O)CCN(Cc1cccc(F)c1)C2=O)Nc1ccc(F)cc1. The van der Waals surface area contributed by atoms with Crippen LogP contribution in [0.2, 0.25) is 0 Å². The second-order valence-corrected chi connectivity index (χ2v) is 6.83. The fourth-order valence-electron chi connectivity index (χ4n) is 3.24. The molecule has 1 aromatic heterocycles. The Bertz CT molecular complexity index is 1170. The number of hydrogen-bond donors (Lipinski definition) is 1. The molecule has 154 valence electrons. The first kappa shape index (κ1) is 19.5. The lowest BCUT2D eigenvalue weighted by Crippen LogP contribution is -2.42. The molecule has 30 heavy (non-hydrogen) atoms. The first-order valence-corrected chi connectivity index (χ1v) is 9.17. The van der Waals surface area contributed by atoms with Crippen molar-refractivity contribution in [2.75, 3.05) is 11.9 Å². The largest absolute Gasteiger partial charge is 0.346 e. The Morgan fingerprint density at radius 1 is 1.03 bits per heavy atom. The van der Waals surface area contributed by atoms with Gasteiger partial charge in [-0.15, -0.1) is 5.10 Å². The third kappa shape index (κ3) is 3.97. The van der Waals surface area contributed by atoms with Crippen LogP contribution in [0.4, 0.5) is 14.5 Å². The molecule has 0 spiro atoms. The number of fused-ring (bicyclic) bond motifs is 1. The van der Waals surface area contributed by atoms with Crippen molar-refractivity contribution >= 4 is 17.5 Å². The lowest BCUT2D eigenvalue weighted by atomic mass is 10.2. The van der Waals surface area contributed by atoms with E-state index in [0.717, 1.165) is 4.68 Å². The molecule has 0 unspecified atom stereocenters. The minimum atomic E-state index is -0.571. The van der Waals surface area contributed by atoms with Gasteiger partial charge in [-0.2, -0.15) is 0 Å². The predicted molar refractivity (Wildman–Crippen MR) is 103 cm³/mol. The zero-order valence-corrected chi connectivity index (χ0v) is 15.7. The van der Waals surface area contributed by atoms with Crippen molar-refractivity contribution in [2.24, 2.45) is 0 Å². The van der Waals surface area contributed by atoms with E-state index >= 15 is 0 Å². The summed E-state index contributed by atoms with van der Waals surface area (Å²) in [6.07, 6.45) is 0. The van der Waals surface area contributed by atoms with E-state index < -0.39 is 35.7 Å². The summed E-state index contributed by atoms with van der Waals surface area (Å²) in [4.78, 5) is 38.9. The Hall–Kier alpha value is -3.82. The van der Waals surface area contributed by atoms with Gasteiger partial charge in [-0.3, -0.25) is 14.2 Å². The van der Waals surface area contributed by atoms with E-state index in [9.17, 15) is 23.2 Å². The second kappa shape index (κ2) is 7.90. The summed E-state index contributed by atoms with van der Waals surface area (Å²) in [5, 5.41) is 6.56. The quantitative estimate of drug-likeness (QED) is 0.689. The van der Waals surface area contributed by atoms with E-state index in [1.54, 1.807) is 12.1 Å². The first-order chi connectivity index (χ1) is 14.4. The monoisotopic (exact) mass is 413 g/mol. The number of hydrogen-bond acceptors (Lipinski definition) is 4. The molecule has 0 radical (unpaired) electrons. The highest BCUT2D eigenvalue weighted by molar-refractivity contribution is 5.92. The van der Waals surface area contributed by atoms with Gasteiger partial charge in [0.05, 0.1) is 0 Å². The van der Waals surface area contributed by atoms with Crippen molar-refractivity contribution in [1.29, 1.82) is 0 Å². The number of aromatic nitrogens is 3. The highest BCUT2D eigenvalue weighted by atomic mass is 19.1. The van der Waals surface area contributed by atoms with Gasteiger partial charge in [-0.1, -0.05) is 12.1 Å². The molecule has 1 N–H and O–H groups in total. The molecule has 0 atom stereocenters. The van der Waals surface area contributed by atoms with Gasteiger partial charge in [-0.05, 0) is 42.0 Å². The number of anilines is 1. The van der Waals surface area contributed by atoms with Gasteiger partial charge in [0.1, 0.15) is 18.2 Å². The zero-order valence-electron chi connectivity index (χ0n) is 15.7. The van der Waals surface area contributed by atoms with Crippen LogP contribution in [-0.2, 0) is 24.4 Å². The van der Waals surface area contributed by atoms with Crippen molar-refractivity contribution in [2.45, 2.75) is 19.6 Å². The van der Waals surface area contributed by atoms with Crippen LogP contribution in [0, 0.1) is 11.6 Å². The smallest absolute Gasteiger partial charge is 0.330 e. The molecule has 0 bridgehead atoms. The summed E-state index contributed by atoms with van der Waals surface area (Å²) in [5.41, 5.74) is 0.422. The van der Waals surface area contributed by atoms with Crippen LogP contribution in [0.15, 0.2) is 53.3 Å². The van der Waals surface area contributed by atoms with Crippen LogP contribution in [0.25, 0.3) is 0 Å². The molecule has 0 saturated carbocycles. The number of carbonyl (C=O) groups is 2. The topological polar surface area (TPSA) is 89.2 Å². The van der Waals surface area contributed by atoms with Crippen molar-refractivity contribution in [1.82, 2.24) is 19.2 Å². The molecule has 2 heterocycles. The summed E-state index contributed by atoms with van der Waals surface area (Å²) in [7, 11) is 0. The third-order valence-corrected chi connectivity index (χ3v) is 4.68. The fraction of sp³-hybridized carbons (Fsp3) is 0.200. The summed E-state index contributed by atoms with van der Waals surface area (Å²) in [6, 6.07) is 11.1. The van der Waals surface area contributed by atoms with E-state index in [0.29, 0.717) is 11.3 Å². The molecule has 4 rings (SSSR count). The second-order valence-electron chi connectivity index (χ2n) is 6.83. The van der Waals surface area contributed by atoms with Crippen LogP contribution in [0.3, 0.4) is 0 Å². The van der Waals surface area contributed by atoms with Gasteiger partial charge in [-0.25, -0.2) is 18.3 Å². The minimum Gasteiger partial charge on any atom is -0.330 e. The summed E-state index contributed by atoms with van der Waals surface area (Å²) < 4.78 is 28.5. The Kier molecular flexibility index (Phi) is 5.13. The van der Waals surface area contributed by atoms with E-state index in [1.807, 2.05) is 0 Å². The van der Waals surface area contributed by atoms with Crippen LogP contribution in [0.5, 0.6) is 0 Å². The number of halogens is 2. The average Bonchev–Trinajstić information content (AvgIpc) is 3.02. The maximum absolute atomic E-state index is 13.4. The number of amides is 2. The Morgan fingerprint density at radius 3 is 2.53 bits per heavy atom. The highest BCUT2D eigenvalue weighted by Gasteiger charge is 2.30. The Morgan fingerprint density at radius 2 is 1.80 bits per heavy atom. The van der Waals surface area contributed by atoms with E-state index in [4.69, 9.17) is 0 Å². The molecule has 0 saturated heterocycles. The van der Waals surface area contributed by atoms with Crippen LogP contribution >= 0.6 is 0 Å². The molecular formula is C20H17F2N5O3. The van der Waals surface area contributed by atoms with Crippen LogP contribution in [0.1, 0.15) is 16.2 Å². The van der Waals surface area contributed by atoms with Gasteiger partial charge >= 0.3 is 5.69 Å². The van der Waals surface area contributed by atoms with E-state index in [1.165, 1.54) is 45.9 Å². The maximum Gasteiger partial charge on any atom is 0.346 e. The normalized spacial score (nSPS) is 13.3. The summed E-state index contributed by atoms with van der Waals surface area (Å²) in [6.45, 7) is 0.264. The summed E-state index contributed by atoms with van der Waals surface area (Å²) in [5.74, 6) is -1.92. The minimum absolute atomic E-state index is 0.0720. The number of nitrogens with one attached hydrogen (secondary N) is 1. The van der Waals surface area contributed by atoms with Crippen LogP contribution < -0.4 is 11.0 Å². The standard InChI is InChI=1S/C20H17F2N5O3/c21-14-4-6-16(7-5-14)23-17(28)12-27-20(30)26-9-8-25(19(29)18(26)24-27)11-13-2-1-3-15(22)10-13/h1-7,10H,8-9,11-12H2,(H,23,28). The van der Waals surface area contributed by atoms with E-state index in [2.05, 4.69) is 10.4 Å². The number of rotatable bonds is 5. The van der Waals surface area contributed by atoms with Crippen LogP contribution in [-0.4, -0.2) is 37.6 Å². The maximum atomic E-state index is 13.4. The Labute approximate surface area is 169 Å². The fourth-order valence-corrected chi connectivity index (χ4v) is 3.24. The van der Waals surface area contributed by atoms with Gasteiger partial charge in [0, 0.05) is 25.3 Å². The molecule has 1 aliphatic heterocycles. The van der Waals surface area contributed by atoms with Crippen molar-refractivity contribution in [3.63, 3.8) is 0 Å². The van der Waals surface area contributed by atoms with Gasteiger partial charge in [0.25, 0.3) is 5.91 Å². The molecular weight excluding hydrogens is 396 g/mol. The molecule has 0 fully saturated rings. The molecule has 10 heteroatoms. The lowest BCUT2D eigenvalue weighted by Gasteiger charge is -2.26. The number of carbonyl (C=O) groups excluding carboxylic acids is 2. The lowest BCUT2D eigenvalue weighted by molar-refractivity contribution is -0.117. The molecule has 8 nitrogen and oxygen atoms in total. The average molecular weight is 413 g/mol. The zero-order chi connectivity index (χ0) is 21.3. The molecule has 2 aromatic carbocycles. The van der Waals surface area contributed by atoms with Gasteiger partial charge in [0.15, 0.2) is 0 Å². The van der Waals surface area contributed by atoms with E-state index in [-0.39, 0.29) is 25.5 Å². The Balaban J connectivity index is 1.48. The summed E-state index contributed by atoms with van der Waals surface area (Å²) >= 11 is 0. The molecule has 2 amide bonds. The molecule has 1 aliphatic rings. The van der Waals surface area contributed by atoms with Crippen molar-refractivity contribution < 1.29 is 18.4 Å².